The summed E-state index contributed by atoms with van der Waals surface area (Å²) in [4.78, 5) is 46.0. The molecule has 32 heavy (non-hydrogen) atoms. The van der Waals surface area contributed by atoms with Crippen LogP contribution in [0.15, 0.2) is 24.3 Å². The number of hydrogen-bond acceptors (Lipinski definition) is 9. The number of ether oxygens (including phenoxy) is 5. The van der Waals surface area contributed by atoms with Crippen LogP contribution in [0.4, 0.5) is 0 Å². The Balaban J connectivity index is 2.36. The summed E-state index contributed by atoms with van der Waals surface area (Å²) < 4.78 is 28.0. The second kappa shape index (κ2) is 11.8. The summed E-state index contributed by atoms with van der Waals surface area (Å²) in [6.07, 6.45) is -3.44. The average molecular weight is 471 g/mol. The van der Waals surface area contributed by atoms with Crippen molar-refractivity contribution in [2.24, 2.45) is 5.92 Å². The van der Waals surface area contributed by atoms with Crippen molar-refractivity contribution >= 4 is 34.8 Å². The summed E-state index contributed by atoms with van der Waals surface area (Å²) in [6.45, 7) is 5.35. The zero-order valence-corrected chi connectivity index (χ0v) is 19.1. The molecule has 9 nitrogen and oxygen atoms in total. The molecule has 10 heteroatoms. The summed E-state index contributed by atoms with van der Waals surface area (Å²) >= 11 is 5.46. The lowest BCUT2D eigenvalue weighted by Crippen LogP contribution is -2.59. The third kappa shape index (κ3) is 7.49. The van der Waals surface area contributed by atoms with E-state index >= 15 is 0 Å². The first-order valence-electron chi connectivity index (χ1n) is 10.1. The van der Waals surface area contributed by atoms with Crippen LogP contribution in [0.2, 0.25) is 0 Å². The van der Waals surface area contributed by atoms with Gasteiger partial charge in [-0.3, -0.25) is 19.2 Å². The lowest BCUT2D eigenvalue weighted by Gasteiger charge is -2.43. The Kier molecular flexibility index (Phi) is 9.46. The molecule has 1 aromatic rings. The summed E-state index contributed by atoms with van der Waals surface area (Å²) in [6, 6.07) is 6.94. The smallest absolute Gasteiger partial charge is 0.303 e. The van der Waals surface area contributed by atoms with E-state index < -0.39 is 53.7 Å². The van der Waals surface area contributed by atoms with E-state index in [9.17, 15) is 19.2 Å². The second-order valence-electron chi connectivity index (χ2n) is 7.43. The van der Waals surface area contributed by atoms with Gasteiger partial charge in [0.25, 0.3) is 0 Å². The summed E-state index contributed by atoms with van der Waals surface area (Å²) in [5.74, 6) is -1.79. The maximum Gasteiger partial charge on any atom is 0.303 e. The minimum atomic E-state index is -1.17. The van der Waals surface area contributed by atoms with E-state index in [2.05, 4.69) is 0 Å². The molecule has 1 aromatic carbocycles. The van der Waals surface area contributed by atoms with Crippen LogP contribution in [0.1, 0.15) is 39.7 Å². The fourth-order valence-corrected chi connectivity index (χ4v) is 3.48. The summed E-state index contributed by atoms with van der Waals surface area (Å²) in [5.41, 5.74) is 0.686. The van der Waals surface area contributed by atoms with Crippen molar-refractivity contribution in [2.75, 3.05) is 6.61 Å². The monoisotopic (exact) mass is 470 g/mol. The molecule has 1 saturated heterocycles. The van der Waals surface area contributed by atoms with Crippen LogP contribution < -0.4 is 4.74 Å². The van der Waals surface area contributed by atoms with Crippen LogP contribution in [-0.4, -0.2) is 54.4 Å². The number of carbonyl (C=O) groups is 4. The SMILES string of the molecule is CC(=O)OC[C@H]1O[C@@H](Oc2ccccc2CCC(=O)Cl)[C@H](OC(C)=O)[C@@H](OC(C)=O)[C@H]1C. The van der Waals surface area contributed by atoms with Crippen molar-refractivity contribution in [3.63, 3.8) is 0 Å². The third-order valence-corrected chi connectivity index (χ3v) is 5.06. The molecule has 0 aromatic heterocycles. The lowest BCUT2D eigenvalue weighted by molar-refractivity contribution is -0.271. The summed E-state index contributed by atoms with van der Waals surface area (Å²) in [7, 11) is 0. The van der Waals surface area contributed by atoms with Gasteiger partial charge in [-0.2, -0.15) is 0 Å². The molecule has 0 amide bonds. The Morgan fingerprint density at radius 1 is 0.969 bits per heavy atom. The molecule has 0 bridgehead atoms. The van der Waals surface area contributed by atoms with Gasteiger partial charge in [-0.05, 0) is 29.7 Å². The van der Waals surface area contributed by atoms with Crippen LogP contribution in [0.5, 0.6) is 5.75 Å². The van der Waals surface area contributed by atoms with Gasteiger partial charge in [-0.15, -0.1) is 0 Å². The van der Waals surface area contributed by atoms with Gasteiger partial charge in [-0.25, -0.2) is 0 Å². The van der Waals surface area contributed by atoms with E-state index in [0.717, 1.165) is 0 Å². The zero-order valence-electron chi connectivity index (χ0n) is 18.4. The molecule has 0 saturated carbocycles. The van der Waals surface area contributed by atoms with Crippen molar-refractivity contribution in [1.29, 1.82) is 0 Å². The number of esters is 3. The highest BCUT2D eigenvalue weighted by molar-refractivity contribution is 6.63. The summed E-state index contributed by atoms with van der Waals surface area (Å²) in [5, 5.41) is -0.489. The molecule has 0 unspecified atom stereocenters. The number of aryl methyl sites for hydroxylation is 1. The molecule has 0 aliphatic carbocycles. The molecule has 0 N–H and O–H groups in total. The Labute approximate surface area is 191 Å². The van der Waals surface area contributed by atoms with Gasteiger partial charge >= 0.3 is 17.9 Å². The molecular weight excluding hydrogens is 444 g/mol. The van der Waals surface area contributed by atoms with Crippen molar-refractivity contribution < 1.29 is 42.9 Å². The molecule has 5 atom stereocenters. The van der Waals surface area contributed by atoms with Gasteiger partial charge in [0.2, 0.25) is 17.6 Å². The number of carbonyl (C=O) groups excluding carboxylic acids is 4. The van der Waals surface area contributed by atoms with Gasteiger partial charge in [-0.1, -0.05) is 25.1 Å². The Morgan fingerprint density at radius 2 is 1.59 bits per heavy atom. The van der Waals surface area contributed by atoms with Gasteiger partial charge in [0.1, 0.15) is 24.6 Å². The normalized spacial score (nSPS) is 24.8. The topological polar surface area (TPSA) is 114 Å². The standard InChI is InChI=1S/C22H27ClO9/c1-12-18(11-28-13(2)24)32-22(21(30-15(4)26)20(12)29-14(3)25)31-17-8-6-5-7-16(17)9-10-19(23)27/h5-8,12,18,20-22H,9-11H2,1-4H3/t12-,18+,20-,21+,22+/m0/s1. The predicted octanol–water partition coefficient (Wildman–Crippen LogP) is 2.55. The van der Waals surface area contributed by atoms with E-state index in [4.69, 9.17) is 35.3 Å². The second-order valence-corrected chi connectivity index (χ2v) is 7.85. The third-order valence-electron chi connectivity index (χ3n) is 4.87. The molecule has 0 radical (unpaired) electrons. The Morgan fingerprint density at radius 3 is 2.19 bits per heavy atom. The highest BCUT2D eigenvalue weighted by atomic mass is 35.5. The van der Waals surface area contributed by atoms with E-state index in [1.165, 1.54) is 20.8 Å². The number of para-hydroxylation sites is 1. The van der Waals surface area contributed by atoms with Crippen LogP contribution in [-0.2, 0) is 44.5 Å². The molecule has 1 aliphatic rings. The van der Waals surface area contributed by atoms with Gasteiger partial charge in [0.05, 0.1) is 0 Å². The van der Waals surface area contributed by atoms with Crippen molar-refractivity contribution in [1.82, 2.24) is 0 Å². The van der Waals surface area contributed by atoms with Crippen LogP contribution >= 0.6 is 11.6 Å². The maximum atomic E-state index is 11.8. The van der Waals surface area contributed by atoms with E-state index in [1.54, 1.807) is 31.2 Å². The average Bonchev–Trinajstić information content (AvgIpc) is 2.70. The highest BCUT2D eigenvalue weighted by Crippen LogP contribution is 2.33. The van der Waals surface area contributed by atoms with Crippen LogP contribution in [0.3, 0.4) is 0 Å². The largest absolute Gasteiger partial charge is 0.463 e. The molecule has 2 rings (SSSR count). The molecule has 176 valence electrons. The molecule has 1 heterocycles. The van der Waals surface area contributed by atoms with Crippen molar-refractivity contribution in [2.45, 2.75) is 65.1 Å². The number of rotatable bonds is 9. The first-order valence-corrected chi connectivity index (χ1v) is 10.5. The van der Waals surface area contributed by atoms with E-state index in [1.807, 2.05) is 0 Å². The number of halogens is 1. The van der Waals surface area contributed by atoms with Gasteiger partial charge < -0.3 is 23.7 Å². The predicted molar refractivity (Wildman–Crippen MR) is 112 cm³/mol. The van der Waals surface area contributed by atoms with Crippen molar-refractivity contribution in [3.05, 3.63) is 29.8 Å². The van der Waals surface area contributed by atoms with Crippen LogP contribution in [0, 0.1) is 5.92 Å². The highest BCUT2D eigenvalue weighted by Gasteiger charge is 2.49. The maximum absolute atomic E-state index is 11.8. The fourth-order valence-electron chi connectivity index (χ4n) is 3.39. The molecular formula is C22H27ClO9. The zero-order chi connectivity index (χ0) is 23.8. The van der Waals surface area contributed by atoms with Gasteiger partial charge in [0, 0.05) is 33.1 Å². The Bertz CT molecular complexity index is 840. The first kappa shape index (κ1) is 25.6. The quantitative estimate of drug-likeness (QED) is 0.305. The molecule has 1 fully saturated rings. The lowest BCUT2D eigenvalue weighted by atomic mass is 9.90. The first-order chi connectivity index (χ1) is 15.1. The fraction of sp³-hybridized carbons (Fsp3) is 0.545. The molecule has 1 aliphatic heterocycles. The van der Waals surface area contributed by atoms with E-state index in [-0.39, 0.29) is 13.0 Å². The number of benzene rings is 1. The van der Waals surface area contributed by atoms with Crippen LogP contribution in [0.25, 0.3) is 0 Å². The van der Waals surface area contributed by atoms with Crippen molar-refractivity contribution in [3.8, 4) is 5.75 Å². The minimum Gasteiger partial charge on any atom is -0.463 e. The molecule has 0 spiro atoms. The number of hydrogen-bond donors (Lipinski definition) is 0. The van der Waals surface area contributed by atoms with Gasteiger partial charge in [0.15, 0.2) is 0 Å². The minimum absolute atomic E-state index is 0.100. The Hall–Kier alpha value is -2.65. The van der Waals surface area contributed by atoms with E-state index in [0.29, 0.717) is 17.7 Å².